The summed E-state index contributed by atoms with van der Waals surface area (Å²) in [5, 5.41) is 5.19. The van der Waals surface area contributed by atoms with Gasteiger partial charge in [0.25, 0.3) is 0 Å². The molecule has 0 saturated carbocycles. The predicted molar refractivity (Wildman–Crippen MR) is 194 cm³/mol. The molecule has 0 saturated heterocycles. The van der Waals surface area contributed by atoms with Crippen molar-refractivity contribution in [3.8, 4) is 33.4 Å². The molecule has 1 unspecified atom stereocenters. The number of hydrogen-bond donors (Lipinski definition) is 0. The van der Waals surface area contributed by atoms with Crippen LogP contribution in [0.25, 0.3) is 54.9 Å². The standard InChI is InChI=1S/C45H28S/c1-2-16-34(17-3-1)45(40-21-8-6-19-36(40)38-26-30-12-4-5-13-31(30)28-41(38)45)35-18-10-14-29(25-35)33-24-32-15-11-23-43-44(32)39(27-33)37-20-7-9-22-42(37)46-43/h1-28H. The van der Waals surface area contributed by atoms with Gasteiger partial charge < -0.3 is 0 Å². The van der Waals surface area contributed by atoms with Crippen molar-refractivity contribution in [2.24, 2.45) is 0 Å². The van der Waals surface area contributed by atoms with Gasteiger partial charge in [-0.2, -0.15) is 0 Å². The normalized spacial score (nSPS) is 15.8. The van der Waals surface area contributed by atoms with Gasteiger partial charge in [-0.05, 0) is 114 Å². The molecule has 1 atom stereocenters. The van der Waals surface area contributed by atoms with Gasteiger partial charge in [0.1, 0.15) is 0 Å². The Balaban J connectivity index is 1.26. The molecule has 46 heavy (non-hydrogen) atoms. The van der Waals surface area contributed by atoms with Gasteiger partial charge in [-0.25, -0.2) is 0 Å². The molecular formula is C45H28S. The molecular weight excluding hydrogens is 573 g/mol. The topological polar surface area (TPSA) is 0 Å². The molecule has 0 amide bonds. The molecule has 1 heteroatoms. The van der Waals surface area contributed by atoms with E-state index in [4.69, 9.17) is 0 Å². The Morgan fingerprint density at radius 1 is 0.348 bits per heavy atom. The lowest BCUT2D eigenvalue weighted by molar-refractivity contribution is 0.770. The second-order valence-corrected chi connectivity index (χ2v) is 13.5. The van der Waals surface area contributed by atoms with E-state index in [0.717, 1.165) is 0 Å². The first kappa shape index (κ1) is 25.9. The van der Waals surface area contributed by atoms with Crippen molar-refractivity contribution in [2.75, 3.05) is 0 Å². The maximum Gasteiger partial charge on any atom is 0.0713 e. The minimum absolute atomic E-state index is 0.450. The Bertz CT molecular complexity index is 2510. The molecule has 0 spiro atoms. The first-order valence-electron chi connectivity index (χ1n) is 15.9. The number of fused-ring (bicyclic) bond motifs is 6. The molecule has 1 aliphatic heterocycles. The van der Waals surface area contributed by atoms with Crippen LogP contribution >= 0.6 is 11.8 Å². The van der Waals surface area contributed by atoms with Crippen LogP contribution in [0.15, 0.2) is 180 Å². The van der Waals surface area contributed by atoms with Crippen molar-refractivity contribution in [1.82, 2.24) is 0 Å². The Labute approximate surface area is 273 Å². The first-order valence-corrected chi connectivity index (χ1v) is 16.7. The highest BCUT2D eigenvalue weighted by molar-refractivity contribution is 7.99. The van der Waals surface area contributed by atoms with Crippen LogP contribution in [-0.4, -0.2) is 0 Å². The molecule has 0 N–H and O–H groups in total. The van der Waals surface area contributed by atoms with Gasteiger partial charge in [-0.1, -0.05) is 139 Å². The molecule has 214 valence electrons. The lowest BCUT2D eigenvalue weighted by Gasteiger charge is -2.34. The zero-order chi connectivity index (χ0) is 30.2. The third-order valence-corrected chi connectivity index (χ3v) is 11.2. The van der Waals surface area contributed by atoms with E-state index < -0.39 is 5.41 Å². The van der Waals surface area contributed by atoms with Gasteiger partial charge in [-0.3, -0.25) is 0 Å². The van der Waals surface area contributed by atoms with Gasteiger partial charge >= 0.3 is 0 Å². The predicted octanol–water partition coefficient (Wildman–Crippen LogP) is 12.2. The number of hydrogen-bond acceptors (Lipinski definition) is 1. The van der Waals surface area contributed by atoms with Crippen LogP contribution in [0.5, 0.6) is 0 Å². The summed E-state index contributed by atoms with van der Waals surface area (Å²) in [5.41, 5.74) is 12.6. The molecule has 8 aromatic carbocycles. The highest BCUT2D eigenvalue weighted by Crippen LogP contribution is 2.57. The molecule has 2 aliphatic rings. The zero-order valence-electron chi connectivity index (χ0n) is 25.1. The SMILES string of the molecule is c1ccc(C2(c3cccc(-c4cc5c6c(cccc6c4)Sc4ccccc4-5)c3)c3ccccc3-c3cc4ccccc4cc32)cc1. The molecule has 1 aliphatic carbocycles. The summed E-state index contributed by atoms with van der Waals surface area (Å²) in [6.45, 7) is 0. The summed E-state index contributed by atoms with van der Waals surface area (Å²) in [4.78, 5) is 2.66. The van der Waals surface area contributed by atoms with Crippen LogP contribution < -0.4 is 0 Å². The highest BCUT2D eigenvalue weighted by Gasteiger charge is 2.46. The van der Waals surface area contributed by atoms with E-state index >= 15 is 0 Å². The lowest BCUT2D eigenvalue weighted by atomic mass is 9.67. The summed E-state index contributed by atoms with van der Waals surface area (Å²) < 4.78 is 0. The zero-order valence-corrected chi connectivity index (χ0v) is 25.9. The molecule has 8 aromatic rings. The van der Waals surface area contributed by atoms with Crippen molar-refractivity contribution in [3.63, 3.8) is 0 Å². The van der Waals surface area contributed by atoms with Crippen LogP contribution in [0.2, 0.25) is 0 Å². The number of benzene rings is 8. The summed E-state index contributed by atoms with van der Waals surface area (Å²) in [7, 11) is 0. The lowest BCUT2D eigenvalue weighted by Crippen LogP contribution is -2.28. The van der Waals surface area contributed by atoms with Crippen molar-refractivity contribution < 1.29 is 0 Å². The quantitative estimate of drug-likeness (QED) is 0.194. The maximum absolute atomic E-state index is 2.45. The third kappa shape index (κ3) is 3.58. The van der Waals surface area contributed by atoms with E-state index in [1.54, 1.807) is 0 Å². The van der Waals surface area contributed by atoms with E-state index in [1.807, 2.05) is 11.8 Å². The van der Waals surface area contributed by atoms with Crippen molar-refractivity contribution in [1.29, 1.82) is 0 Å². The Hall–Kier alpha value is -5.37. The monoisotopic (exact) mass is 600 g/mol. The smallest absolute Gasteiger partial charge is 0.0713 e. The van der Waals surface area contributed by atoms with Crippen LogP contribution in [-0.2, 0) is 5.41 Å². The second kappa shape index (κ2) is 9.81. The van der Waals surface area contributed by atoms with Crippen molar-refractivity contribution in [3.05, 3.63) is 192 Å². The largest absolute Gasteiger partial charge is 0.0888 e. The maximum atomic E-state index is 2.45. The Morgan fingerprint density at radius 2 is 1.02 bits per heavy atom. The molecule has 1 heterocycles. The van der Waals surface area contributed by atoms with Gasteiger partial charge in [-0.15, -0.1) is 0 Å². The molecule has 0 bridgehead atoms. The van der Waals surface area contributed by atoms with Crippen LogP contribution in [0.4, 0.5) is 0 Å². The van der Waals surface area contributed by atoms with Crippen molar-refractivity contribution >= 4 is 33.3 Å². The number of rotatable bonds is 3. The van der Waals surface area contributed by atoms with E-state index in [2.05, 4.69) is 170 Å². The molecule has 0 radical (unpaired) electrons. The fourth-order valence-electron chi connectivity index (χ4n) is 8.13. The molecule has 10 rings (SSSR count). The van der Waals surface area contributed by atoms with E-state index in [-0.39, 0.29) is 0 Å². The molecule has 0 aromatic heterocycles. The van der Waals surface area contributed by atoms with Crippen molar-refractivity contribution in [2.45, 2.75) is 15.2 Å². The summed E-state index contributed by atoms with van der Waals surface area (Å²) in [6.07, 6.45) is 0. The van der Waals surface area contributed by atoms with Crippen LogP contribution in [0.1, 0.15) is 22.3 Å². The van der Waals surface area contributed by atoms with Gasteiger partial charge in [0.05, 0.1) is 5.41 Å². The Morgan fingerprint density at radius 3 is 1.91 bits per heavy atom. The van der Waals surface area contributed by atoms with E-state index in [0.29, 0.717) is 0 Å². The summed E-state index contributed by atoms with van der Waals surface area (Å²) >= 11 is 1.88. The summed E-state index contributed by atoms with van der Waals surface area (Å²) in [6, 6.07) is 63.4. The van der Waals surface area contributed by atoms with E-state index in [9.17, 15) is 0 Å². The second-order valence-electron chi connectivity index (χ2n) is 12.5. The minimum Gasteiger partial charge on any atom is -0.0888 e. The van der Waals surface area contributed by atoms with E-state index in [1.165, 1.54) is 87.0 Å². The molecule has 0 fully saturated rings. The average molecular weight is 601 g/mol. The van der Waals surface area contributed by atoms with Gasteiger partial charge in [0.15, 0.2) is 0 Å². The van der Waals surface area contributed by atoms with Crippen LogP contribution in [0.3, 0.4) is 0 Å². The molecule has 0 nitrogen and oxygen atoms in total. The first-order chi connectivity index (χ1) is 22.8. The third-order valence-electron chi connectivity index (χ3n) is 10.1. The minimum atomic E-state index is -0.450. The van der Waals surface area contributed by atoms with Crippen LogP contribution in [0, 0.1) is 0 Å². The highest BCUT2D eigenvalue weighted by atomic mass is 32.2. The average Bonchev–Trinajstić information content (AvgIpc) is 3.41. The fraction of sp³-hybridized carbons (Fsp3) is 0.0222. The fourth-order valence-corrected chi connectivity index (χ4v) is 9.27. The van der Waals surface area contributed by atoms with Gasteiger partial charge in [0, 0.05) is 15.2 Å². The van der Waals surface area contributed by atoms with Gasteiger partial charge in [0.2, 0.25) is 0 Å². The summed E-state index contributed by atoms with van der Waals surface area (Å²) in [5.74, 6) is 0. The Kier molecular flexibility index (Phi) is 5.53.